The number of aromatic hydroxyl groups is 1. The first-order chi connectivity index (χ1) is 14.4. The zero-order valence-electron chi connectivity index (χ0n) is 18.7. The van der Waals surface area contributed by atoms with Crippen LogP contribution < -0.4 is 4.74 Å². The third-order valence-corrected chi connectivity index (χ3v) is 8.50. The van der Waals surface area contributed by atoms with E-state index >= 15 is 0 Å². The molecular weight excluding hydrogens is 420 g/mol. The lowest BCUT2D eigenvalue weighted by atomic mass is 9.44. The molecule has 31 heavy (non-hydrogen) atoms. The molecular formula is C24H31ClO6. The molecule has 6 nitrogen and oxygen atoms in total. The van der Waals surface area contributed by atoms with Crippen LogP contribution in [0.3, 0.4) is 0 Å². The van der Waals surface area contributed by atoms with Gasteiger partial charge >= 0.3 is 5.97 Å². The van der Waals surface area contributed by atoms with Gasteiger partial charge in [0.1, 0.15) is 28.8 Å². The highest BCUT2D eigenvalue weighted by atomic mass is 35.5. The summed E-state index contributed by atoms with van der Waals surface area (Å²) in [7, 11) is 1.42. The number of benzene rings is 1. The number of halogens is 1. The number of hydrogen-bond acceptors (Lipinski definition) is 6. The Bertz CT molecular complexity index is 969. The van der Waals surface area contributed by atoms with Crippen LogP contribution in [-0.4, -0.2) is 46.7 Å². The number of esters is 1. The van der Waals surface area contributed by atoms with E-state index in [0.29, 0.717) is 23.5 Å². The van der Waals surface area contributed by atoms with Gasteiger partial charge in [0.25, 0.3) is 0 Å². The molecule has 0 bridgehead atoms. The Hall–Kier alpha value is -1.76. The van der Waals surface area contributed by atoms with Gasteiger partial charge in [0.15, 0.2) is 0 Å². The molecule has 3 aliphatic rings. The van der Waals surface area contributed by atoms with E-state index in [-0.39, 0.29) is 40.0 Å². The molecule has 0 saturated heterocycles. The average molecular weight is 451 g/mol. The second-order valence-electron chi connectivity index (χ2n) is 10.4. The molecule has 1 aromatic rings. The highest BCUT2D eigenvalue weighted by Gasteiger charge is 2.72. The molecule has 3 aliphatic carbocycles. The molecule has 0 amide bonds. The Kier molecular flexibility index (Phi) is 5.15. The number of rotatable bonds is 4. The molecule has 0 radical (unpaired) electrons. The smallest absolute Gasteiger partial charge is 0.342 e. The molecule has 170 valence electrons. The summed E-state index contributed by atoms with van der Waals surface area (Å²) in [6, 6.07) is 1.27. The van der Waals surface area contributed by atoms with Crippen LogP contribution in [0.25, 0.3) is 0 Å². The number of aliphatic hydroxyl groups excluding tert-OH is 1. The van der Waals surface area contributed by atoms with Gasteiger partial charge in [-0.25, -0.2) is 4.79 Å². The molecule has 0 heterocycles. The fourth-order valence-corrected chi connectivity index (χ4v) is 6.67. The van der Waals surface area contributed by atoms with Crippen LogP contribution in [0.1, 0.15) is 56.0 Å². The lowest BCUT2D eigenvalue weighted by molar-refractivity contribution is -0.250. The predicted octanol–water partition coefficient (Wildman–Crippen LogP) is 4.01. The van der Waals surface area contributed by atoms with E-state index in [2.05, 4.69) is 13.8 Å². The number of carbonyl (C=O) groups is 1. The van der Waals surface area contributed by atoms with Crippen LogP contribution in [0.5, 0.6) is 11.5 Å². The molecule has 3 N–H and O–H groups in total. The second-order valence-corrected chi connectivity index (χ2v) is 10.8. The Labute approximate surface area is 187 Å². The Morgan fingerprint density at radius 2 is 1.94 bits per heavy atom. The molecule has 0 spiro atoms. The van der Waals surface area contributed by atoms with Crippen molar-refractivity contribution in [2.24, 2.45) is 22.7 Å². The number of aliphatic hydroxyl groups is 2. The van der Waals surface area contributed by atoms with Gasteiger partial charge in [0.2, 0.25) is 0 Å². The van der Waals surface area contributed by atoms with Crippen molar-refractivity contribution >= 4 is 17.6 Å². The maximum Gasteiger partial charge on any atom is 0.342 e. The first-order valence-corrected chi connectivity index (χ1v) is 11.1. The number of allylic oxidation sites excluding steroid dienone is 1. The SMILES string of the molecule is COc1cc(O)c(C(=O)O[C@@H]2C[C@]3(C)C4CC(C)(C)CC4C=C(CO)[C@]23O)c(C)c1Cl. The number of phenols is 1. The fourth-order valence-electron chi connectivity index (χ4n) is 6.44. The first-order valence-electron chi connectivity index (χ1n) is 10.7. The zero-order valence-corrected chi connectivity index (χ0v) is 19.4. The van der Waals surface area contributed by atoms with Crippen LogP contribution in [0.2, 0.25) is 5.02 Å². The van der Waals surface area contributed by atoms with Gasteiger partial charge in [0, 0.05) is 11.5 Å². The third kappa shape index (κ3) is 3.02. The summed E-state index contributed by atoms with van der Waals surface area (Å²) in [6.07, 6.45) is 3.66. The minimum Gasteiger partial charge on any atom is -0.507 e. The van der Waals surface area contributed by atoms with Crippen molar-refractivity contribution < 1.29 is 29.6 Å². The van der Waals surface area contributed by atoms with Crippen molar-refractivity contribution in [3.63, 3.8) is 0 Å². The van der Waals surface area contributed by atoms with Gasteiger partial charge in [0.05, 0.1) is 18.7 Å². The quantitative estimate of drug-likeness (QED) is 0.473. The molecule has 7 heteroatoms. The highest BCUT2D eigenvalue weighted by molar-refractivity contribution is 6.33. The molecule has 0 aliphatic heterocycles. The van der Waals surface area contributed by atoms with Gasteiger partial charge in [-0.1, -0.05) is 38.4 Å². The fraction of sp³-hybridized carbons (Fsp3) is 0.625. The first kappa shape index (κ1) is 22.4. The van der Waals surface area contributed by atoms with E-state index in [4.69, 9.17) is 21.1 Å². The summed E-state index contributed by atoms with van der Waals surface area (Å²) < 4.78 is 10.9. The van der Waals surface area contributed by atoms with Crippen molar-refractivity contribution in [3.05, 3.63) is 33.9 Å². The van der Waals surface area contributed by atoms with E-state index in [0.717, 1.165) is 12.8 Å². The van der Waals surface area contributed by atoms with Crippen molar-refractivity contribution in [2.75, 3.05) is 13.7 Å². The number of fused-ring (bicyclic) bond motifs is 3. The predicted molar refractivity (Wildman–Crippen MR) is 116 cm³/mol. The maximum absolute atomic E-state index is 13.0. The van der Waals surface area contributed by atoms with Gasteiger partial charge in [-0.3, -0.25) is 0 Å². The minimum absolute atomic E-state index is 0.0479. The Morgan fingerprint density at radius 1 is 1.26 bits per heavy atom. The van der Waals surface area contributed by atoms with E-state index in [1.807, 2.05) is 13.0 Å². The molecule has 0 aromatic heterocycles. The summed E-state index contributed by atoms with van der Waals surface area (Å²) in [4.78, 5) is 13.0. The summed E-state index contributed by atoms with van der Waals surface area (Å²) in [5.74, 6) is -0.243. The van der Waals surface area contributed by atoms with Crippen LogP contribution >= 0.6 is 11.6 Å². The van der Waals surface area contributed by atoms with Crippen LogP contribution in [0, 0.1) is 29.6 Å². The van der Waals surface area contributed by atoms with E-state index in [1.54, 1.807) is 6.92 Å². The third-order valence-electron chi connectivity index (χ3n) is 8.04. The molecule has 1 aromatic carbocycles. The van der Waals surface area contributed by atoms with Crippen molar-refractivity contribution in [3.8, 4) is 11.5 Å². The zero-order chi connectivity index (χ0) is 22.9. The monoisotopic (exact) mass is 450 g/mol. The Balaban J connectivity index is 1.65. The summed E-state index contributed by atoms with van der Waals surface area (Å²) in [5, 5.41) is 32.4. The number of hydrogen-bond donors (Lipinski definition) is 3. The number of ether oxygens (including phenoxy) is 2. The van der Waals surface area contributed by atoms with Crippen LogP contribution in [-0.2, 0) is 4.74 Å². The lowest BCUT2D eigenvalue weighted by Crippen LogP contribution is -2.73. The van der Waals surface area contributed by atoms with Gasteiger partial charge in [-0.2, -0.15) is 0 Å². The standard InChI is InChI=1S/C24H31ClO6/c1-12-19(16(27)7-17(30-5)20(12)25)21(28)31-18-10-23(4)15-9-22(2,3)8-13(15)6-14(11-26)24(18,23)29/h6-7,13,15,18,26-27,29H,8-11H2,1-5H3/t13?,15?,18-,23-,24+/m1/s1. The highest BCUT2D eigenvalue weighted by Crippen LogP contribution is 2.68. The molecule has 2 saturated carbocycles. The Morgan fingerprint density at radius 3 is 2.55 bits per heavy atom. The molecule has 2 unspecified atom stereocenters. The lowest BCUT2D eigenvalue weighted by Gasteiger charge is -2.65. The normalized spacial score (nSPS) is 35.5. The van der Waals surface area contributed by atoms with Crippen molar-refractivity contribution in [1.82, 2.24) is 0 Å². The summed E-state index contributed by atoms with van der Waals surface area (Å²) in [6.45, 7) is 7.81. The largest absolute Gasteiger partial charge is 0.507 e. The summed E-state index contributed by atoms with van der Waals surface area (Å²) >= 11 is 6.26. The van der Waals surface area contributed by atoms with Crippen LogP contribution in [0.15, 0.2) is 17.7 Å². The number of carbonyl (C=O) groups excluding carboxylic acids is 1. The van der Waals surface area contributed by atoms with Crippen molar-refractivity contribution in [2.45, 2.75) is 58.7 Å². The molecule has 2 fully saturated rings. The maximum atomic E-state index is 13.0. The topological polar surface area (TPSA) is 96.2 Å². The van der Waals surface area contributed by atoms with E-state index < -0.39 is 23.1 Å². The molecule has 5 atom stereocenters. The second kappa shape index (κ2) is 7.12. The minimum atomic E-state index is -1.43. The van der Waals surface area contributed by atoms with Gasteiger partial charge < -0.3 is 24.8 Å². The van der Waals surface area contributed by atoms with Gasteiger partial charge in [-0.15, -0.1) is 0 Å². The average Bonchev–Trinajstić information content (AvgIpc) is 3.01. The van der Waals surface area contributed by atoms with Gasteiger partial charge in [-0.05, 0) is 54.6 Å². The van der Waals surface area contributed by atoms with E-state index in [9.17, 15) is 20.1 Å². The summed E-state index contributed by atoms with van der Waals surface area (Å²) in [5.41, 5.74) is -0.946. The van der Waals surface area contributed by atoms with Crippen molar-refractivity contribution in [1.29, 1.82) is 0 Å². The number of methoxy groups -OCH3 is 1. The van der Waals surface area contributed by atoms with E-state index in [1.165, 1.54) is 13.2 Å². The number of phenolic OH excluding ortho intramolecular Hbond substituents is 1. The molecule has 4 rings (SSSR count). The van der Waals surface area contributed by atoms with Crippen LogP contribution in [0.4, 0.5) is 0 Å².